The van der Waals surface area contributed by atoms with E-state index < -0.39 is 0 Å². The molecule has 0 aliphatic rings. The number of ketones is 1. The summed E-state index contributed by atoms with van der Waals surface area (Å²) in [4.78, 5) is 30.3. The zero-order valence-corrected chi connectivity index (χ0v) is 19.5. The van der Waals surface area contributed by atoms with Crippen LogP contribution in [0.4, 0.5) is 5.69 Å². The summed E-state index contributed by atoms with van der Waals surface area (Å²) in [6.45, 7) is 0. The maximum absolute atomic E-state index is 13.3. The van der Waals surface area contributed by atoms with Gasteiger partial charge in [0.25, 0.3) is 5.91 Å². The molecule has 0 unspecified atom stereocenters. The Labute approximate surface area is 207 Å². The van der Waals surface area contributed by atoms with Crippen LogP contribution in [0.15, 0.2) is 97.3 Å². The van der Waals surface area contributed by atoms with Crippen LogP contribution < -0.4 is 10.1 Å². The molecule has 2 aromatic heterocycles. The van der Waals surface area contributed by atoms with Gasteiger partial charge in [0, 0.05) is 40.2 Å². The SMILES string of the molecule is COc1cccc(C(=O)Nc2cccc(C(=O)c3ccc4cnn(C=Cc5ccccn5)c4c3)c2)c1. The monoisotopic (exact) mass is 474 g/mol. The van der Waals surface area contributed by atoms with Crippen LogP contribution >= 0.6 is 0 Å². The van der Waals surface area contributed by atoms with Gasteiger partial charge in [-0.3, -0.25) is 14.6 Å². The number of benzene rings is 3. The first kappa shape index (κ1) is 22.7. The van der Waals surface area contributed by atoms with Crippen molar-refractivity contribution < 1.29 is 14.3 Å². The molecule has 0 saturated carbocycles. The minimum atomic E-state index is -0.288. The van der Waals surface area contributed by atoms with E-state index in [0.29, 0.717) is 28.1 Å². The first-order valence-corrected chi connectivity index (χ1v) is 11.3. The number of fused-ring (bicyclic) bond motifs is 1. The number of methoxy groups -OCH3 is 1. The molecule has 176 valence electrons. The standard InChI is InChI=1S/C29H22N4O3/c1-36-26-10-5-7-22(17-26)29(35)32-25-9-4-6-20(16-25)28(34)21-11-12-23-19-31-33(27(23)18-21)15-13-24-8-2-3-14-30-24/h2-19H,1H3,(H,32,35). The molecule has 2 heterocycles. The van der Waals surface area contributed by atoms with Gasteiger partial charge in [0.2, 0.25) is 0 Å². The predicted molar refractivity (Wildman–Crippen MR) is 140 cm³/mol. The average molecular weight is 475 g/mol. The Morgan fingerprint density at radius 2 is 1.72 bits per heavy atom. The smallest absolute Gasteiger partial charge is 0.255 e. The second-order valence-electron chi connectivity index (χ2n) is 8.03. The van der Waals surface area contributed by atoms with Crippen LogP contribution in [0.2, 0.25) is 0 Å². The molecule has 0 bridgehead atoms. The van der Waals surface area contributed by atoms with Gasteiger partial charge in [-0.2, -0.15) is 5.10 Å². The Kier molecular flexibility index (Phi) is 6.36. The van der Waals surface area contributed by atoms with Gasteiger partial charge in [0.15, 0.2) is 5.78 Å². The molecule has 0 fully saturated rings. The molecular weight excluding hydrogens is 452 g/mol. The molecule has 0 radical (unpaired) electrons. The zero-order chi connectivity index (χ0) is 24.9. The lowest BCUT2D eigenvalue weighted by molar-refractivity contribution is 0.102. The van der Waals surface area contributed by atoms with E-state index in [2.05, 4.69) is 15.4 Å². The average Bonchev–Trinajstić information content (AvgIpc) is 3.34. The molecule has 7 heteroatoms. The maximum atomic E-state index is 13.3. The lowest BCUT2D eigenvalue weighted by Gasteiger charge is -2.09. The minimum absolute atomic E-state index is 0.157. The number of hydrogen-bond donors (Lipinski definition) is 1. The molecule has 7 nitrogen and oxygen atoms in total. The van der Waals surface area contributed by atoms with Gasteiger partial charge < -0.3 is 10.1 Å². The Morgan fingerprint density at radius 3 is 2.56 bits per heavy atom. The minimum Gasteiger partial charge on any atom is -0.497 e. The summed E-state index contributed by atoms with van der Waals surface area (Å²) in [5.74, 6) is 0.149. The number of nitrogens with zero attached hydrogens (tertiary/aromatic N) is 3. The lowest BCUT2D eigenvalue weighted by atomic mass is 10.0. The molecule has 0 saturated heterocycles. The van der Waals surface area contributed by atoms with Gasteiger partial charge in [0.05, 0.1) is 24.5 Å². The summed E-state index contributed by atoms with van der Waals surface area (Å²) >= 11 is 0. The third kappa shape index (κ3) is 4.90. The van der Waals surface area contributed by atoms with Gasteiger partial charge in [-0.1, -0.05) is 36.4 Å². The van der Waals surface area contributed by atoms with Gasteiger partial charge in [0.1, 0.15) is 5.75 Å². The number of carbonyl (C=O) groups is 2. The first-order valence-electron chi connectivity index (χ1n) is 11.3. The largest absolute Gasteiger partial charge is 0.497 e. The number of anilines is 1. The second-order valence-corrected chi connectivity index (χ2v) is 8.03. The van der Waals surface area contributed by atoms with Crippen molar-refractivity contribution in [2.24, 2.45) is 0 Å². The number of ether oxygens (including phenoxy) is 1. The van der Waals surface area contributed by atoms with Crippen LogP contribution in [0.1, 0.15) is 32.0 Å². The van der Waals surface area contributed by atoms with Crippen LogP contribution in [-0.2, 0) is 0 Å². The summed E-state index contributed by atoms with van der Waals surface area (Å²) in [6.07, 6.45) is 7.15. The van der Waals surface area contributed by atoms with Crippen LogP contribution in [0.3, 0.4) is 0 Å². The molecule has 0 aliphatic heterocycles. The Morgan fingerprint density at radius 1 is 0.889 bits per heavy atom. The zero-order valence-electron chi connectivity index (χ0n) is 19.5. The Bertz CT molecular complexity index is 1590. The van der Waals surface area contributed by atoms with Gasteiger partial charge in [-0.25, -0.2) is 4.68 Å². The van der Waals surface area contributed by atoms with Crippen molar-refractivity contribution in [1.82, 2.24) is 14.8 Å². The summed E-state index contributed by atoms with van der Waals surface area (Å²) in [6, 6.07) is 24.9. The number of aromatic nitrogens is 3. The van der Waals surface area contributed by atoms with E-state index in [9.17, 15) is 9.59 Å². The van der Waals surface area contributed by atoms with Crippen molar-refractivity contribution in [2.75, 3.05) is 12.4 Å². The molecular formula is C29H22N4O3. The fourth-order valence-corrected chi connectivity index (χ4v) is 3.79. The summed E-state index contributed by atoms with van der Waals surface area (Å²) in [5, 5.41) is 8.17. The van der Waals surface area contributed by atoms with Crippen molar-refractivity contribution in [1.29, 1.82) is 0 Å². The summed E-state index contributed by atoms with van der Waals surface area (Å²) < 4.78 is 6.90. The molecule has 0 spiro atoms. The molecule has 1 amide bonds. The molecule has 5 aromatic rings. The van der Waals surface area contributed by atoms with Crippen molar-refractivity contribution in [3.8, 4) is 5.75 Å². The van der Waals surface area contributed by atoms with Crippen LogP contribution in [0.25, 0.3) is 23.2 Å². The number of rotatable bonds is 7. The predicted octanol–water partition coefficient (Wildman–Crippen LogP) is 5.55. The lowest BCUT2D eigenvalue weighted by Crippen LogP contribution is -2.12. The molecule has 1 N–H and O–H groups in total. The number of nitrogens with one attached hydrogen (secondary N) is 1. The highest BCUT2D eigenvalue weighted by molar-refractivity contribution is 6.11. The molecule has 5 rings (SSSR count). The molecule has 3 aromatic carbocycles. The van der Waals surface area contributed by atoms with E-state index in [1.54, 1.807) is 78.8 Å². The number of hydrogen-bond acceptors (Lipinski definition) is 5. The van der Waals surface area contributed by atoms with Crippen LogP contribution in [0.5, 0.6) is 5.75 Å². The Balaban J connectivity index is 1.38. The Hall–Kier alpha value is -5.04. The topological polar surface area (TPSA) is 86.1 Å². The summed E-state index contributed by atoms with van der Waals surface area (Å²) in [5.41, 5.74) is 3.58. The highest BCUT2D eigenvalue weighted by Crippen LogP contribution is 2.21. The van der Waals surface area contributed by atoms with Crippen molar-refractivity contribution in [2.45, 2.75) is 0 Å². The number of carbonyl (C=O) groups excluding carboxylic acids is 2. The first-order chi connectivity index (χ1) is 17.6. The van der Waals surface area contributed by atoms with E-state index in [1.807, 2.05) is 42.6 Å². The molecule has 0 aliphatic carbocycles. The fraction of sp³-hybridized carbons (Fsp3) is 0.0345. The van der Waals surface area contributed by atoms with Crippen molar-refractivity contribution in [3.05, 3.63) is 120 Å². The van der Waals surface area contributed by atoms with Gasteiger partial charge in [-0.15, -0.1) is 0 Å². The maximum Gasteiger partial charge on any atom is 0.255 e. The van der Waals surface area contributed by atoms with E-state index in [1.165, 1.54) is 0 Å². The number of pyridine rings is 1. The van der Waals surface area contributed by atoms with E-state index >= 15 is 0 Å². The normalized spacial score (nSPS) is 11.0. The van der Waals surface area contributed by atoms with E-state index in [0.717, 1.165) is 16.6 Å². The van der Waals surface area contributed by atoms with Gasteiger partial charge in [-0.05, 0) is 54.6 Å². The highest BCUT2D eigenvalue weighted by atomic mass is 16.5. The van der Waals surface area contributed by atoms with Crippen LogP contribution in [0, 0.1) is 0 Å². The van der Waals surface area contributed by atoms with E-state index in [4.69, 9.17) is 4.74 Å². The highest BCUT2D eigenvalue weighted by Gasteiger charge is 2.13. The van der Waals surface area contributed by atoms with Crippen LogP contribution in [-0.4, -0.2) is 33.6 Å². The molecule has 0 atom stereocenters. The van der Waals surface area contributed by atoms with Crippen molar-refractivity contribution >= 4 is 40.6 Å². The van der Waals surface area contributed by atoms with E-state index in [-0.39, 0.29) is 11.7 Å². The number of amides is 1. The summed E-state index contributed by atoms with van der Waals surface area (Å²) in [7, 11) is 1.55. The third-order valence-electron chi connectivity index (χ3n) is 5.65. The fourth-order valence-electron chi connectivity index (χ4n) is 3.79. The quantitative estimate of drug-likeness (QED) is 0.313. The van der Waals surface area contributed by atoms with Gasteiger partial charge >= 0.3 is 0 Å². The second kappa shape index (κ2) is 10.1. The molecule has 36 heavy (non-hydrogen) atoms. The third-order valence-corrected chi connectivity index (χ3v) is 5.65. The van der Waals surface area contributed by atoms with Crippen molar-refractivity contribution in [3.63, 3.8) is 0 Å².